The molecule has 0 fully saturated rings. The van der Waals surface area contributed by atoms with Gasteiger partial charge in [-0.05, 0) is 57.3 Å². The number of halogens is 1. The van der Waals surface area contributed by atoms with E-state index < -0.39 is 0 Å². The molecule has 0 aromatic carbocycles. The van der Waals surface area contributed by atoms with Crippen LogP contribution in [0.1, 0.15) is 43.9 Å². The fourth-order valence-corrected chi connectivity index (χ4v) is 3.50. The fourth-order valence-electron chi connectivity index (χ4n) is 2.63. The van der Waals surface area contributed by atoms with E-state index in [0.717, 1.165) is 25.5 Å². The van der Waals surface area contributed by atoms with Gasteiger partial charge in [0.1, 0.15) is 0 Å². The maximum Gasteiger partial charge on any atom is 0.190 e. The third kappa shape index (κ3) is 13.5. The van der Waals surface area contributed by atoms with Crippen molar-refractivity contribution >= 4 is 41.3 Å². The summed E-state index contributed by atoms with van der Waals surface area (Å²) in [4.78, 5) is 8.04. The van der Waals surface area contributed by atoms with Gasteiger partial charge in [-0.25, -0.2) is 0 Å². The van der Waals surface area contributed by atoms with Gasteiger partial charge in [-0.2, -0.15) is 0 Å². The van der Waals surface area contributed by atoms with E-state index in [1.54, 1.807) is 0 Å². The van der Waals surface area contributed by atoms with Crippen LogP contribution in [0.2, 0.25) is 0 Å². The van der Waals surface area contributed by atoms with Crippen LogP contribution in [0.15, 0.2) is 22.5 Å². The van der Waals surface area contributed by atoms with Crippen molar-refractivity contribution in [1.82, 2.24) is 15.5 Å². The molecular formula is C19H37IN4S. The highest BCUT2D eigenvalue weighted by molar-refractivity contribution is 14.0. The Morgan fingerprint density at radius 1 is 1.16 bits per heavy atom. The minimum atomic E-state index is 0. The van der Waals surface area contributed by atoms with E-state index in [1.165, 1.54) is 43.5 Å². The summed E-state index contributed by atoms with van der Waals surface area (Å²) in [7, 11) is 6.13. The highest BCUT2D eigenvalue weighted by Gasteiger charge is 2.05. The van der Waals surface area contributed by atoms with Crippen molar-refractivity contribution in [3.8, 4) is 0 Å². The van der Waals surface area contributed by atoms with Crippen molar-refractivity contribution in [2.24, 2.45) is 10.9 Å². The van der Waals surface area contributed by atoms with E-state index in [4.69, 9.17) is 0 Å². The van der Waals surface area contributed by atoms with E-state index in [-0.39, 0.29) is 24.0 Å². The van der Waals surface area contributed by atoms with Gasteiger partial charge in [0.15, 0.2) is 5.96 Å². The number of hydrogen-bond acceptors (Lipinski definition) is 3. The maximum atomic E-state index is 4.32. The third-order valence-corrected chi connectivity index (χ3v) is 4.94. The first-order valence-electron chi connectivity index (χ1n) is 9.23. The largest absolute Gasteiger partial charge is 0.356 e. The molecular weight excluding hydrogens is 443 g/mol. The highest BCUT2D eigenvalue weighted by Crippen LogP contribution is 2.13. The van der Waals surface area contributed by atoms with E-state index in [1.807, 2.05) is 18.4 Å². The Hall–Kier alpha value is -0.340. The Morgan fingerprint density at radius 3 is 2.52 bits per heavy atom. The summed E-state index contributed by atoms with van der Waals surface area (Å²) in [6.45, 7) is 5.46. The van der Waals surface area contributed by atoms with Crippen LogP contribution < -0.4 is 10.6 Å². The normalized spacial score (nSPS) is 12.8. The molecule has 0 aliphatic carbocycles. The van der Waals surface area contributed by atoms with Gasteiger partial charge in [0, 0.05) is 25.0 Å². The average Bonchev–Trinajstić information content (AvgIpc) is 3.05. The Kier molecular flexibility index (Phi) is 15.7. The van der Waals surface area contributed by atoms with Crippen molar-refractivity contribution in [1.29, 1.82) is 0 Å². The molecule has 1 unspecified atom stereocenters. The van der Waals surface area contributed by atoms with E-state index >= 15 is 0 Å². The summed E-state index contributed by atoms with van der Waals surface area (Å²) in [6, 6.07) is 4.34. The molecule has 146 valence electrons. The fraction of sp³-hybridized carbons (Fsp3) is 0.737. The smallest absolute Gasteiger partial charge is 0.190 e. The standard InChI is InChI=1S/C19H36N4S.HI/c1-17(15-18-11-10-14-24-18)16-22-19(20-2)21-12-8-6-5-7-9-13-23(3)4;/h10-11,14,17H,5-9,12-13,15-16H2,1-4H3,(H2,20,21,22);1H. The number of aliphatic imine (C=N–C) groups is 1. The Morgan fingerprint density at radius 2 is 1.88 bits per heavy atom. The quantitative estimate of drug-likeness (QED) is 0.204. The van der Waals surface area contributed by atoms with Crippen molar-refractivity contribution < 1.29 is 0 Å². The Labute approximate surface area is 175 Å². The minimum Gasteiger partial charge on any atom is -0.356 e. The van der Waals surface area contributed by atoms with Gasteiger partial charge in [-0.3, -0.25) is 4.99 Å². The summed E-state index contributed by atoms with van der Waals surface area (Å²) >= 11 is 1.84. The van der Waals surface area contributed by atoms with Gasteiger partial charge in [0.05, 0.1) is 0 Å². The highest BCUT2D eigenvalue weighted by atomic mass is 127. The van der Waals surface area contributed by atoms with E-state index in [0.29, 0.717) is 5.92 Å². The van der Waals surface area contributed by atoms with Gasteiger partial charge in [0.2, 0.25) is 0 Å². The molecule has 1 aromatic heterocycles. The first-order chi connectivity index (χ1) is 11.6. The van der Waals surface area contributed by atoms with Gasteiger partial charge >= 0.3 is 0 Å². The number of nitrogens with one attached hydrogen (secondary N) is 2. The predicted molar refractivity (Wildman–Crippen MR) is 124 cm³/mol. The summed E-state index contributed by atoms with van der Waals surface area (Å²) < 4.78 is 0. The summed E-state index contributed by atoms with van der Waals surface area (Å²) in [5.74, 6) is 1.54. The molecule has 0 spiro atoms. The number of nitrogens with zero attached hydrogens (tertiary/aromatic N) is 2. The van der Waals surface area contributed by atoms with Crippen LogP contribution in [0.3, 0.4) is 0 Å². The number of guanidine groups is 1. The molecule has 4 nitrogen and oxygen atoms in total. The number of hydrogen-bond donors (Lipinski definition) is 2. The summed E-state index contributed by atoms with van der Waals surface area (Å²) in [6.07, 6.45) is 7.63. The van der Waals surface area contributed by atoms with Crippen molar-refractivity contribution in [3.05, 3.63) is 22.4 Å². The topological polar surface area (TPSA) is 39.7 Å². The first kappa shape index (κ1) is 24.7. The lowest BCUT2D eigenvalue weighted by Crippen LogP contribution is -2.40. The van der Waals surface area contributed by atoms with Crippen LogP contribution in [-0.2, 0) is 6.42 Å². The van der Waals surface area contributed by atoms with Crippen LogP contribution in [0.5, 0.6) is 0 Å². The van der Waals surface area contributed by atoms with Crippen molar-refractivity contribution in [2.45, 2.75) is 45.4 Å². The molecule has 0 aliphatic rings. The SMILES string of the molecule is CN=C(NCCCCCCCN(C)C)NCC(C)Cc1cccs1.I. The van der Waals surface area contributed by atoms with Crippen molar-refractivity contribution in [2.75, 3.05) is 40.8 Å². The third-order valence-electron chi connectivity index (χ3n) is 4.05. The van der Waals surface area contributed by atoms with E-state index in [9.17, 15) is 0 Å². The Bertz CT molecular complexity index is 435. The lowest BCUT2D eigenvalue weighted by molar-refractivity contribution is 0.389. The molecule has 0 radical (unpaired) electrons. The lowest BCUT2D eigenvalue weighted by Gasteiger charge is -2.15. The number of rotatable bonds is 12. The first-order valence-corrected chi connectivity index (χ1v) is 10.1. The predicted octanol–water partition coefficient (Wildman–Crippen LogP) is 4.22. The second-order valence-electron chi connectivity index (χ2n) is 6.84. The van der Waals surface area contributed by atoms with Gasteiger partial charge in [-0.15, -0.1) is 35.3 Å². The van der Waals surface area contributed by atoms with Crippen molar-refractivity contribution in [3.63, 3.8) is 0 Å². The van der Waals surface area contributed by atoms with Gasteiger partial charge < -0.3 is 15.5 Å². The summed E-state index contributed by atoms with van der Waals surface area (Å²) in [5, 5.41) is 9.02. The number of thiophene rings is 1. The second kappa shape index (κ2) is 15.9. The molecule has 0 saturated heterocycles. The number of unbranched alkanes of at least 4 members (excludes halogenated alkanes) is 4. The molecule has 0 aliphatic heterocycles. The van der Waals surface area contributed by atoms with Crippen LogP contribution in [0.25, 0.3) is 0 Å². The molecule has 6 heteroatoms. The zero-order valence-corrected chi connectivity index (χ0v) is 19.5. The van der Waals surface area contributed by atoms with Crippen LogP contribution in [0.4, 0.5) is 0 Å². The molecule has 0 saturated carbocycles. The molecule has 1 heterocycles. The molecule has 0 bridgehead atoms. The minimum absolute atomic E-state index is 0. The molecule has 1 atom stereocenters. The zero-order chi connectivity index (χ0) is 17.6. The molecule has 2 N–H and O–H groups in total. The molecule has 0 amide bonds. The van der Waals surface area contributed by atoms with Crippen LogP contribution in [-0.4, -0.2) is 51.6 Å². The average molecular weight is 481 g/mol. The maximum absolute atomic E-state index is 4.32. The monoisotopic (exact) mass is 480 g/mol. The van der Waals surface area contributed by atoms with E-state index in [2.05, 4.69) is 59.1 Å². The van der Waals surface area contributed by atoms with Crippen LogP contribution in [0, 0.1) is 5.92 Å². The van der Waals surface area contributed by atoms with Gasteiger partial charge in [-0.1, -0.05) is 32.3 Å². The molecule has 25 heavy (non-hydrogen) atoms. The second-order valence-corrected chi connectivity index (χ2v) is 7.87. The summed E-state index contributed by atoms with van der Waals surface area (Å²) in [5.41, 5.74) is 0. The Balaban J connectivity index is 0.00000576. The molecule has 1 rings (SSSR count). The lowest BCUT2D eigenvalue weighted by atomic mass is 10.1. The molecule has 1 aromatic rings. The zero-order valence-electron chi connectivity index (χ0n) is 16.4. The van der Waals surface area contributed by atoms with Gasteiger partial charge in [0.25, 0.3) is 0 Å². The van der Waals surface area contributed by atoms with Crippen LogP contribution >= 0.6 is 35.3 Å².